The molecule has 0 atom stereocenters. The van der Waals surface area contributed by atoms with Crippen LogP contribution in [0, 0.1) is 0 Å². The third-order valence-electron chi connectivity index (χ3n) is 4.29. The van der Waals surface area contributed by atoms with Gasteiger partial charge >= 0.3 is 0 Å². The average Bonchev–Trinajstić information content (AvgIpc) is 2.61. The minimum Gasteiger partial charge on any atom is -0.289 e. The minimum atomic E-state index is 1.08. The van der Waals surface area contributed by atoms with E-state index in [0.717, 1.165) is 6.54 Å². The summed E-state index contributed by atoms with van der Waals surface area (Å²) in [7, 11) is 0. The molecule has 0 aromatic heterocycles. The maximum Gasteiger partial charge on any atom is 0.0392 e. The van der Waals surface area contributed by atoms with Crippen molar-refractivity contribution in [3.05, 3.63) is 11.6 Å². The van der Waals surface area contributed by atoms with Crippen molar-refractivity contribution in [1.82, 2.24) is 0 Å². The fourth-order valence-electron chi connectivity index (χ4n) is 3.12. The van der Waals surface area contributed by atoms with Crippen molar-refractivity contribution >= 4 is 5.71 Å². The topological polar surface area (TPSA) is 12.4 Å². The Hall–Kier alpha value is -0.590. The number of hydrogen-bond acceptors (Lipinski definition) is 1. The monoisotopic (exact) mass is 247 g/mol. The van der Waals surface area contributed by atoms with Crippen LogP contribution in [0.4, 0.5) is 0 Å². The lowest BCUT2D eigenvalue weighted by Gasteiger charge is -2.10. The Kier molecular flexibility index (Phi) is 6.53. The molecule has 0 aromatic rings. The van der Waals surface area contributed by atoms with Crippen molar-refractivity contribution in [2.45, 2.75) is 83.5 Å². The van der Waals surface area contributed by atoms with Gasteiger partial charge in [0.2, 0.25) is 0 Å². The standard InChI is InChI=1S/C17H29N/c1-2-5-9-13-16(12-8-4-1)17-14-10-6-3-7-11-15-18-17/h12H,1-11,13-15H2/b16-12+,18-17+. The fourth-order valence-corrected chi connectivity index (χ4v) is 3.12. The second kappa shape index (κ2) is 8.50. The Labute approximate surface area is 113 Å². The quantitative estimate of drug-likeness (QED) is 0.584. The molecular weight excluding hydrogens is 218 g/mol. The third-order valence-corrected chi connectivity index (χ3v) is 4.29. The van der Waals surface area contributed by atoms with Crippen molar-refractivity contribution in [2.75, 3.05) is 6.54 Å². The Morgan fingerprint density at radius 2 is 1.33 bits per heavy atom. The molecule has 1 nitrogen and oxygen atoms in total. The van der Waals surface area contributed by atoms with Gasteiger partial charge in [-0.15, -0.1) is 0 Å². The van der Waals surface area contributed by atoms with E-state index in [9.17, 15) is 0 Å². The Morgan fingerprint density at radius 1 is 0.667 bits per heavy atom. The molecular formula is C17H29N. The van der Waals surface area contributed by atoms with E-state index in [-0.39, 0.29) is 0 Å². The van der Waals surface area contributed by atoms with Gasteiger partial charge in [-0.3, -0.25) is 4.99 Å². The summed E-state index contributed by atoms with van der Waals surface area (Å²) in [5.74, 6) is 0. The first-order valence-corrected chi connectivity index (χ1v) is 8.19. The summed E-state index contributed by atoms with van der Waals surface area (Å²) in [5, 5.41) is 0. The summed E-state index contributed by atoms with van der Waals surface area (Å²) < 4.78 is 0. The molecule has 0 aromatic carbocycles. The van der Waals surface area contributed by atoms with Crippen LogP contribution in [0.2, 0.25) is 0 Å². The van der Waals surface area contributed by atoms with Crippen LogP contribution in [0.15, 0.2) is 16.6 Å². The highest BCUT2D eigenvalue weighted by Crippen LogP contribution is 2.21. The molecule has 0 fully saturated rings. The van der Waals surface area contributed by atoms with Crippen LogP contribution in [-0.4, -0.2) is 12.3 Å². The number of rotatable bonds is 1. The second-order valence-corrected chi connectivity index (χ2v) is 5.88. The first-order chi connectivity index (χ1) is 8.97. The first kappa shape index (κ1) is 13.8. The number of allylic oxidation sites excluding steroid dienone is 2. The van der Waals surface area contributed by atoms with E-state index in [1.165, 1.54) is 89.2 Å². The maximum atomic E-state index is 4.92. The van der Waals surface area contributed by atoms with Crippen molar-refractivity contribution in [3.8, 4) is 0 Å². The molecule has 1 aliphatic heterocycles. The SMILES string of the molecule is C1=C(/C2=N/CCCCCCC2)CCCCCCC/1. The zero-order valence-corrected chi connectivity index (χ0v) is 11.9. The Bertz CT molecular complexity index is 258. The van der Waals surface area contributed by atoms with Crippen LogP contribution >= 0.6 is 0 Å². The van der Waals surface area contributed by atoms with Gasteiger partial charge in [0.1, 0.15) is 0 Å². The zero-order valence-electron chi connectivity index (χ0n) is 11.9. The van der Waals surface area contributed by atoms with E-state index in [4.69, 9.17) is 4.99 Å². The lowest BCUT2D eigenvalue weighted by atomic mass is 9.98. The Balaban J connectivity index is 1.99. The molecule has 1 aliphatic carbocycles. The first-order valence-electron chi connectivity index (χ1n) is 8.19. The number of nitrogens with zero attached hydrogens (tertiary/aromatic N) is 1. The van der Waals surface area contributed by atoms with Gasteiger partial charge in [-0.25, -0.2) is 0 Å². The lowest BCUT2D eigenvalue weighted by Crippen LogP contribution is -2.04. The fraction of sp³-hybridized carbons (Fsp3) is 0.824. The normalized spacial score (nSPS) is 30.2. The molecule has 2 rings (SSSR count). The maximum absolute atomic E-state index is 4.92. The zero-order chi connectivity index (χ0) is 12.5. The molecule has 0 unspecified atom stereocenters. The molecule has 2 aliphatic rings. The summed E-state index contributed by atoms with van der Waals surface area (Å²) in [6.07, 6.45) is 20.3. The van der Waals surface area contributed by atoms with E-state index in [0.29, 0.717) is 0 Å². The van der Waals surface area contributed by atoms with Gasteiger partial charge < -0.3 is 0 Å². The largest absolute Gasteiger partial charge is 0.289 e. The van der Waals surface area contributed by atoms with Crippen LogP contribution in [-0.2, 0) is 0 Å². The molecule has 0 saturated heterocycles. The van der Waals surface area contributed by atoms with Crippen molar-refractivity contribution in [3.63, 3.8) is 0 Å². The van der Waals surface area contributed by atoms with Crippen LogP contribution in [0.5, 0.6) is 0 Å². The summed E-state index contributed by atoms with van der Waals surface area (Å²) in [6.45, 7) is 1.08. The lowest BCUT2D eigenvalue weighted by molar-refractivity contribution is 0.630. The van der Waals surface area contributed by atoms with Crippen LogP contribution < -0.4 is 0 Å². The molecule has 1 heteroatoms. The van der Waals surface area contributed by atoms with Gasteiger partial charge in [0.25, 0.3) is 0 Å². The number of hydrogen-bond donors (Lipinski definition) is 0. The van der Waals surface area contributed by atoms with Crippen molar-refractivity contribution in [1.29, 1.82) is 0 Å². The summed E-state index contributed by atoms with van der Waals surface area (Å²) in [5.41, 5.74) is 3.08. The van der Waals surface area contributed by atoms with Crippen LogP contribution in [0.25, 0.3) is 0 Å². The molecule has 0 saturated carbocycles. The molecule has 0 amide bonds. The van der Waals surface area contributed by atoms with E-state index in [2.05, 4.69) is 6.08 Å². The van der Waals surface area contributed by atoms with Crippen LogP contribution in [0.3, 0.4) is 0 Å². The van der Waals surface area contributed by atoms with E-state index >= 15 is 0 Å². The average molecular weight is 247 g/mol. The third kappa shape index (κ3) is 4.96. The molecule has 18 heavy (non-hydrogen) atoms. The van der Waals surface area contributed by atoms with Gasteiger partial charge in [0.15, 0.2) is 0 Å². The summed E-state index contributed by atoms with van der Waals surface area (Å²) in [6, 6.07) is 0. The highest BCUT2D eigenvalue weighted by atomic mass is 14.7. The van der Waals surface area contributed by atoms with Gasteiger partial charge in [0, 0.05) is 12.3 Å². The van der Waals surface area contributed by atoms with Gasteiger partial charge in [0.05, 0.1) is 0 Å². The second-order valence-electron chi connectivity index (χ2n) is 5.88. The highest BCUT2D eigenvalue weighted by molar-refractivity contribution is 6.00. The predicted octanol–water partition coefficient (Wildman–Crippen LogP) is 5.45. The molecule has 1 heterocycles. The molecule has 0 radical (unpaired) electrons. The number of aliphatic imine (C=N–C) groups is 1. The summed E-state index contributed by atoms with van der Waals surface area (Å²) in [4.78, 5) is 4.92. The minimum absolute atomic E-state index is 1.08. The summed E-state index contributed by atoms with van der Waals surface area (Å²) >= 11 is 0. The molecule has 0 N–H and O–H groups in total. The van der Waals surface area contributed by atoms with E-state index < -0.39 is 0 Å². The van der Waals surface area contributed by atoms with E-state index in [1.807, 2.05) is 0 Å². The Morgan fingerprint density at radius 3 is 2.22 bits per heavy atom. The van der Waals surface area contributed by atoms with Crippen molar-refractivity contribution < 1.29 is 0 Å². The molecule has 0 spiro atoms. The van der Waals surface area contributed by atoms with Crippen molar-refractivity contribution in [2.24, 2.45) is 4.99 Å². The molecule has 0 bridgehead atoms. The van der Waals surface area contributed by atoms with E-state index in [1.54, 1.807) is 5.57 Å². The highest BCUT2D eigenvalue weighted by Gasteiger charge is 2.09. The smallest absolute Gasteiger partial charge is 0.0392 e. The molecule has 102 valence electrons. The van der Waals surface area contributed by atoms with Crippen LogP contribution in [0.1, 0.15) is 83.5 Å². The predicted molar refractivity (Wildman–Crippen MR) is 80.4 cm³/mol. The van der Waals surface area contributed by atoms with Gasteiger partial charge in [-0.1, -0.05) is 44.6 Å². The van der Waals surface area contributed by atoms with Gasteiger partial charge in [-0.05, 0) is 50.5 Å². The van der Waals surface area contributed by atoms with Gasteiger partial charge in [-0.2, -0.15) is 0 Å².